The van der Waals surface area contributed by atoms with Gasteiger partial charge in [0.2, 0.25) is 11.8 Å². The number of aromatic nitrogens is 1. The van der Waals surface area contributed by atoms with Crippen LogP contribution in [0.1, 0.15) is 12.8 Å². The van der Waals surface area contributed by atoms with Crippen LogP contribution in [0.5, 0.6) is 0 Å². The Hall–Kier alpha value is -3.09. The number of allylic oxidation sites excluding steroid dienone is 2. The predicted octanol–water partition coefficient (Wildman–Crippen LogP) is 2.00. The normalized spacial score (nSPS) is 26.9. The van der Waals surface area contributed by atoms with E-state index in [1.165, 1.54) is 15.8 Å². The zero-order valence-corrected chi connectivity index (χ0v) is 17.8. The lowest BCUT2D eigenvalue weighted by Crippen LogP contribution is -2.44. The number of hydrogen-bond donors (Lipinski definition) is 2. The Labute approximate surface area is 182 Å². The fraction of sp³-hybridized carbons (Fsp3) is 0.458. The number of imide groups is 1. The lowest BCUT2D eigenvalue weighted by molar-refractivity contribution is -0.140. The molecular weight excluding hydrogens is 390 g/mol. The maximum Gasteiger partial charge on any atom is 0.233 e. The fourth-order valence-electron chi connectivity index (χ4n) is 5.48. The molecular formula is C24H29N5O2. The smallest absolute Gasteiger partial charge is 0.233 e. The molecule has 2 fully saturated rings. The molecule has 2 bridgehead atoms. The quantitative estimate of drug-likeness (QED) is 0.237. The third kappa shape index (κ3) is 3.52. The monoisotopic (exact) mass is 419 g/mol. The zero-order chi connectivity index (χ0) is 21.4. The largest absolute Gasteiger partial charge is 0.356 e. The molecule has 7 nitrogen and oxygen atoms in total. The zero-order valence-electron chi connectivity index (χ0n) is 17.8. The van der Waals surface area contributed by atoms with Crippen LogP contribution in [0.15, 0.2) is 53.7 Å². The van der Waals surface area contributed by atoms with Crippen molar-refractivity contribution in [2.45, 2.75) is 19.4 Å². The van der Waals surface area contributed by atoms with E-state index >= 15 is 0 Å². The number of carbonyl (C=O) groups is 2. The average molecular weight is 420 g/mol. The Morgan fingerprint density at radius 1 is 1.00 bits per heavy atom. The molecule has 7 heteroatoms. The van der Waals surface area contributed by atoms with Gasteiger partial charge in [0, 0.05) is 44.9 Å². The number of likely N-dealkylation sites (tertiary alicyclic amines) is 1. The van der Waals surface area contributed by atoms with E-state index in [4.69, 9.17) is 0 Å². The van der Waals surface area contributed by atoms with Crippen molar-refractivity contribution >= 4 is 28.7 Å². The summed E-state index contributed by atoms with van der Waals surface area (Å²) in [4.78, 5) is 31.2. The molecule has 0 radical (unpaired) electrons. The van der Waals surface area contributed by atoms with Gasteiger partial charge in [-0.1, -0.05) is 30.4 Å². The first-order chi connectivity index (χ1) is 15.2. The van der Waals surface area contributed by atoms with Gasteiger partial charge in [0.05, 0.1) is 11.8 Å². The van der Waals surface area contributed by atoms with Crippen LogP contribution < -0.4 is 10.6 Å². The summed E-state index contributed by atoms with van der Waals surface area (Å²) in [5, 5.41) is 7.81. The Kier molecular flexibility index (Phi) is 5.26. The van der Waals surface area contributed by atoms with E-state index < -0.39 is 0 Å². The maximum atomic E-state index is 12.7. The molecule has 1 aromatic heterocycles. The van der Waals surface area contributed by atoms with Crippen LogP contribution >= 0.6 is 0 Å². The molecule has 4 atom stereocenters. The van der Waals surface area contributed by atoms with Crippen molar-refractivity contribution in [1.29, 1.82) is 0 Å². The van der Waals surface area contributed by atoms with Gasteiger partial charge in [0.15, 0.2) is 5.96 Å². The summed E-state index contributed by atoms with van der Waals surface area (Å²) in [6.07, 6.45) is 8.30. The molecule has 2 aliphatic carbocycles. The number of nitrogens with one attached hydrogen (secondary N) is 2. The highest BCUT2D eigenvalue weighted by Gasteiger charge is 2.58. The Morgan fingerprint density at radius 2 is 1.71 bits per heavy atom. The Balaban J connectivity index is 1.06. The maximum absolute atomic E-state index is 12.7. The molecule has 1 aliphatic heterocycles. The van der Waals surface area contributed by atoms with Crippen LogP contribution in [-0.4, -0.2) is 53.9 Å². The standard InChI is InChI=1S/C24H29N5O2/c1-25-24(26-10-4-12-28-13-9-16-5-2-3-6-19(16)28)27-11-14-29-22(30)20-17-7-8-18(15-17)21(20)23(29)31/h2-3,5-9,13,17-18,20-21H,4,10-12,14-15H2,1H3,(H2,25,26,27). The fourth-order valence-corrected chi connectivity index (χ4v) is 5.48. The average Bonchev–Trinajstić information content (AvgIpc) is 3.55. The van der Waals surface area contributed by atoms with Crippen LogP contribution in [0, 0.1) is 23.7 Å². The van der Waals surface area contributed by atoms with Gasteiger partial charge in [-0.25, -0.2) is 0 Å². The number of aliphatic imine (C=N–C) groups is 1. The van der Waals surface area contributed by atoms with Crippen molar-refractivity contribution < 1.29 is 9.59 Å². The second-order valence-electron chi connectivity index (χ2n) is 8.68. The first-order valence-corrected chi connectivity index (χ1v) is 11.2. The highest BCUT2D eigenvalue weighted by molar-refractivity contribution is 6.06. The number of aryl methyl sites for hydroxylation is 1. The highest BCUT2D eigenvalue weighted by atomic mass is 16.2. The molecule has 0 spiro atoms. The molecule has 1 saturated carbocycles. The van der Waals surface area contributed by atoms with Crippen LogP contribution in [-0.2, 0) is 16.1 Å². The number of nitrogens with zero attached hydrogens (tertiary/aromatic N) is 3. The number of para-hydroxylation sites is 1. The molecule has 2 N–H and O–H groups in total. The van der Waals surface area contributed by atoms with E-state index in [1.54, 1.807) is 7.05 Å². The number of guanidine groups is 1. The van der Waals surface area contributed by atoms with E-state index in [2.05, 4.69) is 68.9 Å². The first kappa shape index (κ1) is 19.8. The van der Waals surface area contributed by atoms with Crippen molar-refractivity contribution in [1.82, 2.24) is 20.1 Å². The minimum Gasteiger partial charge on any atom is -0.356 e. The van der Waals surface area contributed by atoms with Crippen molar-refractivity contribution in [3.05, 3.63) is 48.7 Å². The summed E-state index contributed by atoms with van der Waals surface area (Å²) in [5.74, 6) is 0.992. The summed E-state index contributed by atoms with van der Waals surface area (Å²) in [7, 11) is 1.73. The molecule has 3 aliphatic rings. The molecule has 1 aromatic carbocycles. The third-order valence-corrected chi connectivity index (χ3v) is 6.96. The number of benzene rings is 1. The van der Waals surface area contributed by atoms with Crippen LogP contribution in [0.3, 0.4) is 0 Å². The van der Waals surface area contributed by atoms with Gasteiger partial charge >= 0.3 is 0 Å². The van der Waals surface area contributed by atoms with Crippen LogP contribution in [0.4, 0.5) is 0 Å². The summed E-state index contributed by atoms with van der Waals surface area (Å²) >= 11 is 0. The molecule has 2 heterocycles. The van der Waals surface area contributed by atoms with Crippen molar-refractivity contribution in [2.24, 2.45) is 28.7 Å². The molecule has 5 rings (SSSR count). The molecule has 2 amide bonds. The second-order valence-corrected chi connectivity index (χ2v) is 8.68. The Morgan fingerprint density at radius 3 is 2.45 bits per heavy atom. The molecule has 1 saturated heterocycles. The van der Waals surface area contributed by atoms with Crippen molar-refractivity contribution in [3.63, 3.8) is 0 Å². The van der Waals surface area contributed by atoms with Gasteiger partial charge in [-0.15, -0.1) is 0 Å². The summed E-state index contributed by atoms with van der Waals surface area (Å²) in [5.41, 5.74) is 1.25. The van der Waals surface area contributed by atoms with Crippen LogP contribution in [0.2, 0.25) is 0 Å². The minimum absolute atomic E-state index is 0.00976. The molecule has 4 unspecified atom stereocenters. The summed E-state index contributed by atoms with van der Waals surface area (Å²) < 4.78 is 2.26. The number of carbonyl (C=O) groups excluding carboxylic acids is 2. The SMILES string of the molecule is CN=C(NCCCn1ccc2ccccc21)NCCN1C(=O)C2C3C=CC(C3)C2C1=O. The molecule has 2 aromatic rings. The predicted molar refractivity (Wildman–Crippen MR) is 120 cm³/mol. The number of rotatable bonds is 7. The van der Waals surface area contributed by atoms with E-state index in [9.17, 15) is 9.59 Å². The van der Waals surface area contributed by atoms with Gasteiger partial charge in [-0.05, 0) is 42.2 Å². The molecule has 162 valence electrons. The summed E-state index contributed by atoms with van der Waals surface area (Å²) in [6, 6.07) is 10.5. The lowest BCUT2D eigenvalue weighted by Gasteiger charge is -2.18. The highest BCUT2D eigenvalue weighted by Crippen LogP contribution is 2.52. The van der Waals surface area contributed by atoms with Gasteiger partial charge in [-0.3, -0.25) is 19.5 Å². The molecule has 31 heavy (non-hydrogen) atoms. The Bertz CT molecular complexity index is 1030. The second kappa shape index (κ2) is 8.21. The van der Waals surface area contributed by atoms with E-state index in [1.807, 2.05) is 0 Å². The van der Waals surface area contributed by atoms with Gasteiger partial charge in [0.25, 0.3) is 0 Å². The topological polar surface area (TPSA) is 78.7 Å². The van der Waals surface area contributed by atoms with Gasteiger partial charge < -0.3 is 15.2 Å². The van der Waals surface area contributed by atoms with E-state index in [-0.39, 0.29) is 35.5 Å². The van der Waals surface area contributed by atoms with E-state index in [0.29, 0.717) is 19.0 Å². The van der Waals surface area contributed by atoms with Gasteiger partial charge in [-0.2, -0.15) is 0 Å². The van der Waals surface area contributed by atoms with E-state index in [0.717, 1.165) is 25.9 Å². The third-order valence-electron chi connectivity index (χ3n) is 6.96. The minimum atomic E-state index is -0.121. The first-order valence-electron chi connectivity index (χ1n) is 11.2. The van der Waals surface area contributed by atoms with Crippen LogP contribution in [0.25, 0.3) is 10.9 Å². The number of hydrogen-bond acceptors (Lipinski definition) is 3. The van der Waals surface area contributed by atoms with Crippen molar-refractivity contribution in [3.8, 4) is 0 Å². The van der Waals surface area contributed by atoms with Gasteiger partial charge in [0.1, 0.15) is 0 Å². The van der Waals surface area contributed by atoms with Crippen molar-refractivity contribution in [2.75, 3.05) is 26.7 Å². The summed E-state index contributed by atoms with van der Waals surface area (Å²) in [6.45, 7) is 2.60. The number of fused-ring (bicyclic) bond motifs is 6. The number of amides is 2. The lowest BCUT2D eigenvalue weighted by atomic mass is 9.85.